The van der Waals surface area contributed by atoms with E-state index in [4.69, 9.17) is 10.4 Å². The van der Waals surface area contributed by atoms with E-state index in [1.165, 1.54) is 0 Å². The van der Waals surface area contributed by atoms with E-state index in [0.717, 1.165) is 0 Å². The quantitative estimate of drug-likeness (QED) is 0.231. The van der Waals surface area contributed by atoms with Gasteiger partial charge in [0.1, 0.15) is 0 Å². The molecule has 0 radical (unpaired) electrons. The third-order valence-corrected chi connectivity index (χ3v) is 10.4. The Balaban J connectivity index is 3.14. The fourth-order valence-corrected chi connectivity index (χ4v) is 9.47. The smallest absolute Gasteiger partial charge is 0.382 e. The van der Waals surface area contributed by atoms with Gasteiger partial charge in [0.2, 0.25) is 34.8 Å². The molecule has 0 aliphatic carbocycles. The zero-order valence-electron chi connectivity index (χ0n) is 9.43. The van der Waals surface area contributed by atoms with Crippen LogP contribution < -0.4 is 15.5 Å². The normalized spacial score (nSPS) is 17.1. The lowest BCUT2D eigenvalue weighted by Crippen LogP contribution is -2.07. The number of benzene rings is 1. The van der Waals surface area contributed by atoms with Crippen LogP contribution in [0, 0.1) is 29.1 Å². The van der Waals surface area contributed by atoms with Gasteiger partial charge in [0, 0.05) is 20.8 Å². The maximum Gasteiger partial charge on any atom is 0.382 e. The number of hydrogen-bond acceptors (Lipinski definition) is 5. The second-order valence-corrected chi connectivity index (χ2v) is 12.6. The molecule has 0 saturated heterocycles. The molecule has 1 aromatic carbocycles. The highest BCUT2D eigenvalue weighted by atomic mass is 33.5. The molecule has 5 N–H and O–H groups in total. The second-order valence-electron chi connectivity index (χ2n) is 3.24. The van der Waals surface area contributed by atoms with Crippen LogP contribution in [0.5, 0.6) is 5.75 Å². The average molecular weight is 390 g/mol. The van der Waals surface area contributed by atoms with Crippen molar-refractivity contribution in [2.75, 3.05) is 0 Å². The van der Waals surface area contributed by atoms with E-state index < -0.39 is 48.3 Å². The van der Waals surface area contributed by atoms with Gasteiger partial charge in [-0.15, -0.1) is 0 Å². The predicted molar refractivity (Wildman–Crippen MR) is 67.8 cm³/mol. The Morgan fingerprint density at radius 3 is 1.62 bits per heavy atom. The summed E-state index contributed by atoms with van der Waals surface area (Å²) in [6.45, 7) is -8.85. The van der Waals surface area contributed by atoms with E-state index >= 15 is 0 Å². The van der Waals surface area contributed by atoms with Crippen molar-refractivity contribution in [1.29, 1.82) is 0 Å². The Labute approximate surface area is 121 Å². The monoisotopic (exact) mass is 390 g/mol. The van der Waals surface area contributed by atoms with Gasteiger partial charge in [-0.05, 0) is 0 Å². The highest BCUT2D eigenvalue weighted by Crippen LogP contribution is 2.68. The summed E-state index contributed by atoms with van der Waals surface area (Å²) in [5.74, 6) is -13.7. The third-order valence-electron chi connectivity index (χ3n) is 1.63. The van der Waals surface area contributed by atoms with E-state index in [0.29, 0.717) is 0 Å². The van der Waals surface area contributed by atoms with Gasteiger partial charge in [-0.2, -0.15) is 8.78 Å². The summed E-state index contributed by atoms with van der Waals surface area (Å²) in [6, 6.07) is 0. The van der Waals surface area contributed by atoms with Crippen LogP contribution in [0.15, 0.2) is 0 Å². The molecule has 2 atom stereocenters. The minimum absolute atomic E-state index is 0.131. The molecular formula is C6H5F5N2O4P2S2. The van der Waals surface area contributed by atoms with Crippen LogP contribution in [0.2, 0.25) is 0 Å². The molecule has 0 aromatic heterocycles. The highest BCUT2D eigenvalue weighted by molar-refractivity contribution is 9.13. The molecule has 6 nitrogen and oxygen atoms in total. The minimum Gasteiger partial charge on any atom is -0.419 e. The molecule has 0 heterocycles. The molecule has 0 amide bonds. The third kappa shape index (κ3) is 4.85. The van der Waals surface area contributed by atoms with Gasteiger partial charge in [-0.3, -0.25) is 4.57 Å². The van der Waals surface area contributed by atoms with Gasteiger partial charge >= 0.3 is 13.4 Å². The molecule has 0 spiro atoms. The standard InChI is InChI=1S/C6H5F5N2O4P2S2/c7-1-2(8)4(10)6(5(11)3(1)9)17-19(13,16)21-20-18(12,14)15/h(H2,13,16)(H3,12,14,15). The maximum atomic E-state index is 13.2. The number of halogens is 5. The molecule has 21 heavy (non-hydrogen) atoms. The molecule has 1 aromatic rings. The van der Waals surface area contributed by atoms with Gasteiger partial charge in [0.05, 0.1) is 0 Å². The SMILES string of the molecule is NP(=O)(O)SSP(N)(=O)Oc1c(F)c(F)c(F)c(F)c1F. The summed E-state index contributed by atoms with van der Waals surface area (Å²) in [6.07, 6.45) is 0. The summed E-state index contributed by atoms with van der Waals surface area (Å²) >= 11 is 0. The molecule has 0 fully saturated rings. The molecule has 0 aliphatic heterocycles. The summed E-state index contributed by atoms with van der Waals surface area (Å²) < 4.78 is 91.3. The fourth-order valence-electron chi connectivity index (χ4n) is 0.902. The summed E-state index contributed by atoms with van der Waals surface area (Å²) in [4.78, 5) is 8.71. The average Bonchev–Trinajstić information content (AvgIpc) is 2.36. The summed E-state index contributed by atoms with van der Waals surface area (Å²) in [7, 11) is -0.300. The molecule has 0 aliphatic rings. The molecule has 15 heteroatoms. The lowest BCUT2D eigenvalue weighted by molar-refractivity contribution is 0.348. The largest absolute Gasteiger partial charge is 0.419 e. The minimum atomic E-state index is -4.59. The van der Waals surface area contributed by atoms with Crippen molar-refractivity contribution in [3.05, 3.63) is 29.1 Å². The molecule has 2 unspecified atom stereocenters. The molecule has 0 bridgehead atoms. The van der Waals surface area contributed by atoms with Crippen LogP contribution in [-0.2, 0) is 9.13 Å². The lowest BCUT2D eigenvalue weighted by atomic mass is 10.3. The Bertz CT molecular complexity index is 642. The number of nitrogens with two attached hydrogens (primary N) is 2. The first-order chi connectivity index (χ1) is 9.36. The fraction of sp³-hybridized carbons (Fsp3) is 0. The Hall–Kier alpha value is -0.290. The van der Waals surface area contributed by atoms with E-state index in [2.05, 4.69) is 10.0 Å². The van der Waals surface area contributed by atoms with E-state index in [1.54, 1.807) is 0 Å². The highest BCUT2D eigenvalue weighted by Gasteiger charge is 2.33. The van der Waals surface area contributed by atoms with Crippen LogP contribution in [0.25, 0.3) is 0 Å². The number of hydrogen-bond donors (Lipinski definition) is 3. The first-order valence-electron chi connectivity index (χ1n) is 4.44. The van der Waals surface area contributed by atoms with Gasteiger partial charge in [-0.25, -0.2) is 28.7 Å². The number of rotatable bonds is 5. The van der Waals surface area contributed by atoms with Crippen molar-refractivity contribution in [2.24, 2.45) is 11.0 Å². The van der Waals surface area contributed by atoms with Gasteiger partial charge in [-0.1, -0.05) is 0 Å². The predicted octanol–water partition coefficient (Wildman–Crippen LogP) is 3.27. The van der Waals surface area contributed by atoms with E-state index in [1.807, 2.05) is 0 Å². The van der Waals surface area contributed by atoms with Crippen molar-refractivity contribution in [3.63, 3.8) is 0 Å². The van der Waals surface area contributed by atoms with Crippen molar-refractivity contribution in [2.45, 2.75) is 0 Å². The topological polar surface area (TPSA) is 116 Å². The van der Waals surface area contributed by atoms with Gasteiger partial charge in [0.15, 0.2) is 0 Å². The van der Waals surface area contributed by atoms with Crippen molar-refractivity contribution < 1.29 is 40.5 Å². The second kappa shape index (κ2) is 6.45. The van der Waals surface area contributed by atoms with Crippen LogP contribution in [0.3, 0.4) is 0 Å². The summed E-state index contributed by atoms with van der Waals surface area (Å²) in [5, 5.41) is 0. The Morgan fingerprint density at radius 2 is 1.24 bits per heavy atom. The summed E-state index contributed by atoms with van der Waals surface area (Å²) in [5.41, 5.74) is 9.61. The van der Waals surface area contributed by atoms with Gasteiger partial charge in [0.25, 0.3) is 0 Å². The van der Waals surface area contributed by atoms with Crippen molar-refractivity contribution in [3.8, 4) is 5.75 Å². The van der Waals surface area contributed by atoms with E-state index in [9.17, 15) is 31.1 Å². The first-order valence-corrected chi connectivity index (χ1v) is 11.2. The van der Waals surface area contributed by atoms with Gasteiger partial charge < -0.3 is 9.42 Å². The zero-order chi connectivity index (χ0) is 16.6. The van der Waals surface area contributed by atoms with Crippen LogP contribution in [0.1, 0.15) is 0 Å². The Kier molecular flexibility index (Phi) is 5.76. The van der Waals surface area contributed by atoms with E-state index in [-0.39, 0.29) is 20.8 Å². The lowest BCUT2D eigenvalue weighted by Gasteiger charge is -2.15. The molecule has 0 saturated carbocycles. The Morgan fingerprint density at radius 1 is 0.857 bits per heavy atom. The zero-order valence-corrected chi connectivity index (χ0v) is 12.8. The van der Waals surface area contributed by atoms with Crippen LogP contribution >= 0.6 is 34.3 Å². The van der Waals surface area contributed by atoms with Crippen molar-refractivity contribution in [1.82, 2.24) is 0 Å². The molecule has 1 rings (SSSR count). The maximum absolute atomic E-state index is 13.2. The molecule has 120 valence electrons. The van der Waals surface area contributed by atoms with Crippen LogP contribution in [0.4, 0.5) is 22.0 Å². The van der Waals surface area contributed by atoms with Crippen molar-refractivity contribution >= 4 is 34.3 Å². The van der Waals surface area contributed by atoms with Crippen LogP contribution in [-0.4, -0.2) is 4.89 Å². The first kappa shape index (κ1) is 18.8. The molecular weight excluding hydrogens is 385 g/mol.